The SMILES string of the molecule is CCC1CCCCCCCCCCCCCCC1=O. The first kappa shape index (κ1) is 16.7. The lowest BCUT2D eigenvalue weighted by Gasteiger charge is -2.14. The molecule has 0 bridgehead atoms. The van der Waals surface area contributed by atoms with Crippen LogP contribution in [0.2, 0.25) is 0 Å². The molecule has 0 aromatic rings. The van der Waals surface area contributed by atoms with Crippen molar-refractivity contribution in [1.82, 2.24) is 0 Å². The van der Waals surface area contributed by atoms with E-state index in [-0.39, 0.29) is 0 Å². The summed E-state index contributed by atoms with van der Waals surface area (Å²) in [6.07, 6.45) is 19.3. The van der Waals surface area contributed by atoms with Crippen molar-refractivity contribution < 1.29 is 4.79 Å². The highest BCUT2D eigenvalue weighted by Crippen LogP contribution is 2.20. The number of ketones is 1. The Morgan fingerprint density at radius 1 is 0.737 bits per heavy atom. The second-order valence-electron chi connectivity index (χ2n) is 6.35. The largest absolute Gasteiger partial charge is 0.299 e. The standard InChI is InChI=1S/C18H34O/c1-2-17-15-13-11-9-7-5-3-4-6-8-10-12-14-16-18(17)19/h17H,2-16H2,1H3. The molecule has 1 atom stereocenters. The molecule has 0 aromatic heterocycles. The molecule has 1 nitrogen and oxygen atoms in total. The normalized spacial score (nSPS) is 26.2. The van der Waals surface area contributed by atoms with Crippen molar-refractivity contribution in [1.29, 1.82) is 0 Å². The van der Waals surface area contributed by atoms with Gasteiger partial charge in [-0.25, -0.2) is 0 Å². The lowest BCUT2D eigenvalue weighted by molar-refractivity contribution is -0.123. The molecule has 1 rings (SSSR count). The van der Waals surface area contributed by atoms with Crippen molar-refractivity contribution in [2.75, 3.05) is 0 Å². The zero-order valence-corrected chi connectivity index (χ0v) is 13.1. The Morgan fingerprint density at radius 3 is 1.63 bits per heavy atom. The van der Waals surface area contributed by atoms with Crippen LogP contribution < -0.4 is 0 Å². The number of carbonyl (C=O) groups excluding carboxylic acids is 1. The van der Waals surface area contributed by atoms with Gasteiger partial charge in [-0.2, -0.15) is 0 Å². The average Bonchev–Trinajstić information content (AvgIpc) is 2.42. The molecule has 0 aromatic carbocycles. The Balaban J connectivity index is 2.28. The van der Waals surface area contributed by atoms with Crippen molar-refractivity contribution >= 4 is 5.78 Å². The number of carbonyl (C=O) groups is 1. The van der Waals surface area contributed by atoms with E-state index in [2.05, 4.69) is 6.92 Å². The van der Waals surface area contributed by atoms with E-state index in [1.54, 1.807) is 0 Å². The summed E-state index contributed by atoms with van der Waals surface area (Å²) in [5.41, 5.74) is 0. The summed E-state index contributed by atoms with van der Waals surface area (Å²) in [5.74, 6) is 0.919. The third-order valence-corrected chi connectivity index (χ3v) is 4.67. The van der Waals surface area contributed by atoms with Gasteiger partial charge in [-0.05, 0) is 19.3 Å². The predicted molar refractivity (Wildman–Crippen MR) is 83.4 cm³/mol. The van der Waals surface area contributed by atoms with Crippen LogP contribution in [0.1, 0.15) is 103 Å². The van der Waals surface area contributed by atoms with Gasteiger partial charge in [0.05, 0.1) is 0 Å². The first-order valence-corrected chi connectivity index (χ1v) is 8.87. The quantitative estimate of drug-likeness (QED) is 0.564. The maximum Gasteiger partial charge on any atom is 0.135 e. The van der Waals surface area contributed by atoms with E-state index in [1.807, 2.05) is 0 Å². The van der Waals surface area contributed by atoms with Crippen molar-refractivity contribution in [3.63, 3.8) is 0 Å². The molecule has 0 radical (unpaired) electrons. The van der Waals surface area contributed by atoms with Crippen LogP contribution in [-0.4, -0.2) is 5.78 Å². The van der Waals surface area contributed by atoms with Gasteiger partial charge in [-0.1, -0.05) is 77.6 Å². The monoisotopic (exact) mass is 266 g/mol. The molecule has 0 aliphatic heterocycles. The van der Waals surface area contributed by atoms with Crippen LogP contribution in [0.5, 0.6) is 0 Å². The lowest BCUT2D eigenvalue weighted by Crippen LogP contribution is -2.13. The van der Waals surface area contributed by atoms with Crippen molar-refractivity contribution in [3.8, 4) is 0 Å². The fourth-order valence-electron chi connectivity index (χ4n) is 3.25. The van der Waals surface area contributed by atoms with Gasteiger partial charge in [0.2, 0.25) is 0 Å². The molecule has 0 N–H and O–H groups in total. The smallest absolute Gasteiger partial charge is 0.135 e. The molecule has 19 heavy (non-hydrogen) atoms. The Kier molecular flexibility index (Phi) is 10.1. The van der Waals surface area contributed by atoms with Crippen LogP contribution in [0.4, 0.5) is 0 Å². The molecule has 1 fully saturated rings. The maximum absolute atomic E-state index is 12.1. The van der Waals surface area contributed by atoms with Gasteiger partial charge in [0.25, 0.3) is 0 Å². The van der Waals surface area contributed by atoms with Gasteiger partial charge in [0.15, 0.2) is 0 Å². The Hall–Kier alpha value is -0.330. The van der Waals surface area contributed by atoms with Crippen LogP contribution in [0, 0.1) is 5.92 Å². The topological polar surface area (TPSA) is 17.1 Å². The number of rotatable bonds is 1. The van der Waals surface area contributed by atoms with Crippen molar-refractivity contribution in [2.45, 2.75) is 103 Å². The van der Waals surface area contributed by atoms with Gasteiger partial charge in [-0.3, -0.25) is 4.79 Å². The Morgan fingerprint density at radius 2 is 1.16 bits per heavy atom. The summed E-state index contributed by atoms with van der Waals surface area (Å²) < 4.78 is 0. The molecule has 112 valence electrons. The van der Waals surface area contributed by atoms with Gasteiger partial charge >= 0.3 is 0 Å². The molecule has 0 saturated heterocycles. The molecule has 1 unspecified atom stereocenters. The summed E-state index contributed by atoms with van der Waals surface area (Å²) in [7, 11) is 0. The second-order valence-corrected chi connectivity index (χ2v) is 6.35. The molecule has 1 aliphatic carbocycles. The fraction of sp³-hybridized carbons (Fsp3) is 0.944. The lowest BCUT2D eigenvalue weighted by atomic mass is 9.90. The van der Waals surface area contributed by atoms with Crippen molar-refractivity contribution in [2.24, 2.45) is 5.92 Å². The van der Waals surface area contributed by atoms with E-state index in [0.717, 1.165) is 25.7 Å². The highest BCUT2D eigenvalue weighted by Gasteiger charge is 2.15. The third-order valence-electron chi connectivity index (χ3n) is 4.67. The van der Waals surface area contributed by atoms with Gasteiger partial charge in [0, 0.05) is 12.3 Å². The molecule has 0 spiro atoms. The second kappa shape index (κ2) is 11.5. The fourth-order valence-corrected chi connectivity index (χ4v) is 3.25. The summed E-state index contributed by atoms with van der Waals surface area (Å²) in [4.78, 5) is 12.1. The molecule has 1 heteroatoms. The molecule has 0 amide bonds. The summed E-state index contributed by atoms with van der Waals surface area (Å²) >= 11 is 0. The minimum Gasteiger partial charge on any atom is -0.299 e. The van der Waals surface area contributed by atoms with Crippen LogP contribution in [0.25, 0.3) is 0 Å². The van der Waals surface area contributed by atoms with Crippen LogP contribution in [0.3, 0.4) is 0 Å². The highest BCUT2D eigenvalue weighted by molar-refractivity contribution is 5.80. The van der Waals surface area contributed by atoms with Crippen LogP contribution >= 0.6 is 0 Å². The molecule has 1 aliphatic rings. The Bertz CT molecular complexity index is 222. The minimum absolute atomic E-state index is 0.368. The zero-order valence-electron chi connectivity index (χ0n) is 13.1. The van der Waals surface area contributed by atoms with E-state index >= 15 is 0 Å². The minimum atomic E-state index is 0.368. The summed E-state index contributed by atoms with van der Waals surface area (Å²) in [6, 6.07) is 0. The molecule has 1 saturated carbocycles. The van der Waals surface area contributed by atoms with Gasteiger partial charge in [0.1, 0.15) is 5.78 Å². The molecular weight excluding hydrogens is 232 g/mol. The maximum atomic E-state index is 12.1. The van der Waals surface area contributed by atoms with E-state index in [4.69, 9.17) is 0 Å². The molecular formula is C18H34O. The van der Waals surface area contributed by atoms with Crippen LogP contribution in [0.15, 0.2) is 0 Å². The van der Waals surface area contributed by atoms with Gasteiger partial charge in [-0.15, -0.1) is 0 Å². The third kappa shape index (κ3) is 8.44. The summed E-state index contributed by atoms with van der Waals surface area (Å²) in [5, 5.41) is 0. The predicted octanol–water partition coefficient (Wildman–Crippen LogP) is 6.06. The number of Topliss-reactive ketones (excluding diaryl/α,β-unsaturated/α-hetero) is 1. The van der Waals surface area contributed by atoms with E-state index in [0.29, 0.717) is 11.7 Å². The van der Waals surface area contributed by atoms with E-state index in [1.165, 1.54) is 70.6 Å². The molecule has 0 heterocycles. The van der Waals surface area contributed by atoms with E-state index in [9.17, 15) is 4.79 Å². The first-order chi connectivity index (χ1) is 9.34. The number of hydrogen-bond donors (Lipinski definition) is 0. The summed E-state index contributed by atoms with van der Waals surface area (Å²) in [6.45, 7) is 2.18. The number of hydrogen-bond acceptors (Lipinski definition) is 1. The highest BCUT2D eigenvalue weighted by atomic mass is 16.1. The zero-order chi connectivity index (χ0) is 13.8. The Labute approximate surface area is 120 Å². The average molecular weight is 266 g/mol. The van der Waals surface area contributed by atoms with Crippen molar-refractivity contribution in [3.05, 3.63) is 0 Å². The van der Waals surface area contributed by atoms with E-state index < -0.39 is 0 Å². The van der Waals surface area contributed by atoms with Crippen LogP contribution in [-0.2, 0) is 4.79 Å². The first-order valence-electron chi connectivity index (χ1n) is 8.87. The van der Waals surface area contributed by atoms with Gasteiger partial charge < -0.3 is 0 Å².